The number of thioether (sulfide) groups is 1. The van der Waals surface area contributed by atoms with E-state index in [0.29, 0.717) is 27.0 Å². The summed E-state index contributed by atoms with van der Waals surface area (Å²) in [4.78, 5) is 15.0. The van der Waals surface area contributed by atoms with Gasteiger partial charge >= 0.3 is 0 Å². The molecule has 0 radical (unpaired) electrons. The number of carbonyl (C=O) groups is 1. The van der Waals surface area contributed by atoms with Crippen LogP contribution >= 0.6 is 24.0 Å². The lowest BCUT2D eigenvalue weighted by atomic mass is 10.1. The zero-order valence-corrected chi connectivity index (χ0v) is 16.7. The zero-order chi connectivity index (χ0) is 19.6. The third-order valence-electron chi connectivity index (χ3n) is 4.11. The summed E-state index contributed by atoms with van der Waals surface area (Å²) in [6.45, 7) is 5.68. The van der Waals surface area contributed by atoms with Gasteiger partial charge in [-0.25, -0.2) is 0 Å². The number of thiocarbonyl (C=S) groups is 1. The lowest BCUT2D eigenvalue weighted by Crippen LogP contribution is -2.27. The zero-order valence-electron chi connectivity index (χ0n) is 15.1. The van der Waals surface area contributed by atoms with Crippen molar-refractivity contribution in [2.75, 3.05) is 12.0 Å². The number of nitrogens with zero attached hydrogens (tertiary/aromatic N) is 1. The summed E-state index contributed by atoms with van der Waals surface area (Å²) >= 11 is 6.68. The van der Waals surface area contributed by atoms with Crippen LogP contribution in [0.5, 0.6) is 11.5 Å². The van der Waals surface area contributed by atoms with Crippen molar-refractivity contribution < 1.29 is 14.6 Å². The molecule has 2 aromatic carbocycles. The lowest BCUT2D eigenvalue weighted by molar-refractivity contribution is -0.113. The van der Waals surface area contributed by atoms with Gasteiger partial charge in [0, 0.05) is 5.56 Å². The number of aromatic hydroxyl groups is 1. The summed E-state index contributed by atoms with van der Waals surface area (Å²) in [5.74, 6) is 0.282. The third kappa shape index (κ3) is 3.91. The van der Waals surface area contributed by atoms with Crippen LogP contribution in [0.15, 0.2) is 54.0 Å². The number of hydrogen-bond acceptors (Lipinski definition) is 5. The van der Waals surface area contributed by atoms with E-state index in [0.717, 1.165) is 16.8 Å². The predicted molar refractivity (Wildman–Crippen MR) is 115 cm³/mol. The van der Waals surface area contributed by atoms with Gasteiger partial charge in [-0.1, -0.05) is 42.2 Å². The number of aryl methyl sites for hydroxylation is 1. The number of hydrogen-bond donors (Lipinski definition) is 1. The Labute approximate surface area is 168 Å². The molecule has 4 nitrogen and oxygen atoms in total. The molecule has 1 amide bonds. The van der Waals surface area contributed by atoms with Gasteiger partial charge in [0.25, 0.3) is 5.91 Å². The van der Waals surface area contributed by atoms with Gasteiger partial charge < -0.3 is 9.84 Å². The number of phenols is 1. The van der Waals surface area contributed by atoms with Crippen LogP contribution in [-0.2, 0) is 11.2 Å². The van der Waals surface area contributed by atoms with Gasteiger partial charge in [-0.15, -0.1) is 6.58 Å². The average Bonchev–Trinajstić information content (AvgIpc) is 2.91. The second-order valence-corrected chi connectivity index (χ2v) is 7.76. The fourth-order valence-electron chi connectivity index (χ4n) is 2.85. The molecule has 1 saturated heterocycles. The maximum Gasteiger partial charge on any atom is 0.270 e. The van der Waals surface area contributed by atoms with Crippen LogP contribution in [0.25, 0.3) is 6.08 Å². The molecule has 0 unspecified atom stereocenters. The van der Waals surface area contributed by atoms with E-state index in [4.69, 9.17) is 17.0 Å². The Morgan fingerprint density at radius 1 is 1.33 bits per heavy atom. The molecule has 2 aromatic rings. The highest BCUT2D eigenvalue weighted by atomic mass is 32.2. The molecule has 0 atom stereocenters. The van der Waals surface area contributed by atoms with E-state index in [1.165, 1.54) is 18.9 Å². The molecule has 3 rings (SSSR count). The Balaban J connectivity index is 1.98. The summed E-state index contributed by atoms with van der Waals surface area (Å²) in [6.07, 6.45) is 3.97. The van der Waals surface area contributed by atoms with Crippen molar-refractivity contribution in [1.82, 2.24) is 0 Å². The topological polar surface area (TPSA) is 49.8 Å². The van der Waals surface area contributed by atoms with Crippen molar-refractivity contribution in [1.29, 1.82) is 0 Å². The Bertz CT molecular complexity index is 966. The smallest absolute Gasteiger partial charge is 0.270 e. The van der Waals surface area contributed by atoms with E-state index in [1.54, 1.807) is 23.1 Å². The molecule has 1 aliphatic heterocycles. The first-order valence-electron chi connectivity index (χ1n) is 8.30. The summed E-state index contributed by atoms with van der Waals surface area (Å²) in [7, 11) is 1.49. The van der Waals surface area contributed by atoms with E-state index in [9.17, 15) is 9.90 Å². The van der Waals surface area contributed by atoms with Gasteiger partial charge in [-0.05, 0) is 54.8 Å². The average molecular weight is 398 g/mol. The van der Waals surface area contributed by atoms with Crippen molar-refractivity contribution in [3.8, 4) is 11.5 Å². The minimum atomic E-state index is -0.159. The molecule has 1 aliphatic rings. The molecule has 6 heteroatoms. The van der Waals surface area contributed by atoms with E-state index in [1.807, 2.05) is 37.3 Å². The van der Waals surface area contributed by atoms with Gasteiger partial charge in [0.1, 0.15) is 0 Å². The van der Waals surface area contributed by atoms with Gasteiger partial charge in [0.2, 0.25) is 0 Å². The van der Waals surface area contributed by atoms with E-state index < -0.39 is 0 Å². The van der Waals surface area contributed by atoms with Crippen LogP contribution in [0.1, 0.15) is 16.7 Å². The third-order valence-corrected chi connectivity index (χ3v) is 5.41. The first kappa shape index (κ1) is 19.2. The van der Waals surface area contributed by atoms with E-state index >= 15 is 0 Å². The number of phenolic OH excluding ortho intramolecular Hbond substituents is 1. The minimum absolute atomic E-state index is 0.0851. The monoisotopic (exact) mass is 397 g/mol. The van der Waals surface area contributed by atoms with Crippen LogP contribution in [0.4, 0.5) is 5.69 Å². The SMILES string of the molecule is C=CCc1cc(C=C2SC(=S)N(c3cccc(C)c3)C2=O)cc(OC)c1O. The number of benzene rings is 2. The maximum atomic E-state index is 12.9. The minimum Gasteiger partial charge on any atom is -0.504 e. The molecule has 0 bridgehead atoms. The van der Waals surface area contributed by atoms with Crippen molar-refractivity contribution >= 4 is 46.0 Å². The largest absolute Gasteiger partial charge is 0.504 e. The summed E-state index contributed by atoms with van der Waals surface area (Å²) in [5, 5.41) is 10.2. The predicted octanol–water partition coefficient (Wildman–Crippen LogP) is 4.84. The van der Waals surface area contributed by atoms with Crippen molar-refractivity contribution in [2.45, 2.75) is 13.3 Å². The van der Waals surface area contributed by atoms with Gasteiger partial charge in [0.05, 0.1) is 17.7 Å². The first-order valence-corrected chi connectivity index (χ1v) is 9.52. The van der Waals surface area contributed by atoms with Crippen molar-refractivity contribution in [3.63, 3.8) is 0 Å². The molecule has 0 aliphatic carbocycles. The van der Waals surface area contributed by atoms with E-state index in [2.05, 4.69) is 6.58 Å². The van der Waals surface area contributed by atoms with E-state index in [-0.39, 0.29) is 11.7 Å². The second-order valence-electron chi connectivity index (χ2n) is 6.08. The van der Waals surface area contributed by atoms with Gasteiger partial charge in [0.15, 0.2) is 15.8 Å². The molecule has 0 aromatic heterocycles. The fourth-order valence-corrected chi connectivity index (χ4v) is 4.15. The summed E-state index contributed by atoms with van der Waals surface area (Å²) < 4.78 is 5.74. The number of methoxy groups -OCH3 is 1. The second kappa shape index (κ2) is 7.98. The molecular weight excluding hydrogens is 378 g/mol. The van der Waals surface area contributed by atoms with Crippen LogP contribution in [0.3, 0.4) is 0 Å². The molecule has 138 valence electrons. The number of rotatable bonds is 5. The van der Waals surface area contributed by atoms with Crippen LogP contribution in [0, 0.1) is 6.92 Å². The number of amides is 1. The molecule has 1 fully saturated rings. The highest BCUT2D eigenvalue weighted by Gasteiger charge is 2.33. The molecule has 0 spiro atoms. The summed E-state index contributed by atoms with van der Waals surface area (Å²) in [5.41, 5.74) is 3.26. The number of allylic oxidation sites excluding steroid dienone is 1. The Morgan fingerprint density at radius 2 is 2.11 bits per heavy atom. The van der Waals surface area contributed by atoms with Crippen molar-refractivity contribution in [2.24, 2.45) is 0 Å². The molecule has 27 heavy (non-hydrogen) atoms. The van der Waals surface area contributed by atoms with Gasteiger partial charge in [-0.2, -0.15) is 0 Å². The maximum absolute atomic E-state index is 12.9. The molecular formula is C21H19NO3S2. The normalized spacial score (nSPS) is 15.5. The lowest BCUT2D eigenvalue weighted by Gasteiger charge is -2.14. The first-order chi connectivity index (χ1) is 12.9. The fraction of sp³-hybridized carbons (Fsp3) is 0.143. The summed E-state index contributed by atoms with van der Waals surface area (Å²) in [6, 6.07) is 11.2. The quantitative estimate of drug-likeness (QED) is 0.444. The highest BCUT2D eigenvalue weighted by Crippen LogP contribution is 2.38. The number of ether oxygens (including phenoxy) is 1. The van der Waals surface area contributed by atoms with Crippen molar-refractivity contribution in [3.05, 3.63) is 70.6 Å². The molecule has 1 heterocycles. The Morgan fingerprint density at radius 3 is 2.78 bits per heavy atom. The molecule has 0 saturated carbocycles. The Kier molecular flexibility index (Phi) is 5.68. The van der Waals surface area contributed by atoms with Crippen LogP contribution < -0.4 is 9.64 Å². The van der Waals surface area contributed by atoms with Crippen LogP contribution in [-0.4, -0.2) is 22.4 Å². The number of carbonyl (C=O) groups excluding carboxylic acids is 1. The Hall–Kier alpha value is -2.57. The highest BCUT2D eigenvalue weighted by molar-refractivity contribution is 8.27. The number of anilines is 1. The van der Waals surface area contributed by atoms with Crippen LogP contribution in [0.2, 0.25) is 0 Å². The molecule has 1 N–H and O–H groups in total. The van der Waals surface area contributed by atoms with Gasteiger partial charge in [-0.3, -0.25) is 9.69 Å². The standard InChI is InChI=1S/C21H19NO3S2/c1-4-6-15-10-14(11-17(25-3)19(15)23)12-18-20(24)22(21(26)27-18)16-8-5-7-13(2)9-16/h4-5,7-12,23H,1,6H2,2-3H3.